The molecule has 3 atom stereocenters. The summed E-state index contributed by atoms with van der Waals surface area (Å²) >= 11 is 0. The second-order valence-electron chi connectivity index (χ2n) is 6.70. The Morgan fingerprint density at radius 2 is 1.73 bits per heavy atom. The van der Waals surface area contributed by atoms with E-state index in [0.29, 0.717) is 22.8 Å². The van der Waals surface area contributed by atoms with Gasteiger partial charge in [-0.1, -0.05) is 54.4 Å². The Morgan fingerprint density at radius 1 is 1.20 bits per heavy atom. The molecule has 0 bridgehead atoms. The molecule has 0 aromatic rings. The standard InChI is InChI=1S/C14H29N/c1-10(2)12(15)14(6)9-7-8-11(3)13(14,4)5/h10-12H,7-9,15H2,1-6H3. The third-order valence-electron chi connectivity index (χ3n) is 5.49. The Morgan fingerprint density at radius 3 is 2.20 bits per heavy atom. The summed E-state index contributed by atoms with van der Waals surface area (Å²) in [5, 5.41) is 0. The molecule has 1 aliphatic carbocycles. The van der Waals surface area contributed by atoms with Crippen LogP contribution in [0, 0.1) is 22.7 Å². The average Bonchev–Trinajstić information content (AvgIpc) is 2.13. The van der Waals surface area contributed by atoms with Crippen molar-refractivity contribution in [2.45, 2.75) is 66.8 Å². The summed E-state index contributed by atoms with van der Waals surface area (Å²) in [6.45, 7) is 14.1. The first-order valence-corrected chi connectivity index (χ1v) is 6.49. The summed E-state index contributed by atoms with van der Waals surface area (Å²) in [5.74, 6) is 1.38. The van der Waals surface area contributed by atoms with Crippen molar-refractivity contribution in [3.8, 4) is 0 Å². The van der Waals surface area contributed by atoms with Gasteiger partial charge >= 0.3 is 0 Å². The van der Waals surface area contributed by atoms with Crippen LogP contribution in [-0.2, 0) is 0 Å². The molecular weight excluding hydrogens is 182 g/mol. The van der Waals surface area contributed by atoms with Crippen LogP contribution >= 0.6 is 0 Å². The van der Waals surface area contributed by atoms with Crippen LogP contribution in [0.1, 0.15) is 60.8 Å². The van der Waals surface area contributed by atoms with Gasteiger partial charge in [0.1, 0.15) is 0 Å². The highest BCUT2D eigenvalue weighted by Crippen LogP contribution is 2.55. The summed E-state index contributed by atoms with van der Waals surface area (Å²) in [4.78, 5) is 0. The van der Waals surface area contributed by atoms with E-state index in [-0.39, 0.29) is 0 Å². The zero-order valence-corrected chi connectivity index (χ0v) is 11.4. The molecule has 0 radical (unpaired) electrons. The fraction of sp³-hybridized carbons (Fsp3) is 1.00. The van der Waals surface area contributed by atoms with Crippen LogP contribution in [0.3, 0.4) is 0 Å². The molecule has 3 unspecified atom stereocenters. The summed E-state index contributed by atoms with van der Waals surface area (Å²) in [6.07, 6.45) is 4.01. The molecule has 15 heavy (non-hydrogen) atoms. The molecule has 1 saturated carbocycles. The first-order valence-electron chi connectivity index (χ1n) is 6.49. The smallest absolute Gasteiger partial charge is 0.0121 e. The van der Waals surface area contributed by atoms with Crippen LogP contribution in [0.2, 0.25) is 0 Å². The Balaban J connectivity index is 2.99. The van der Waals surface area contributed by atoms with E-state index in [0.717, 1.165) is 5.92 Å². The second kappa shape index (κ2) is 4.08. The normalized spacial score (nSPS) is 38.0. The van der Waals surface area contributed by atoms with Crippen LogP contribution in [0.25, 0.3) is 0 Å². The van der Waals surface area contributed by atoms with Gasteiger partial charge in [-0.05, 0) is 29.1 Å². The van der Waals surface area contributed by atoms with Gasteiger partial charge in [0.2, 0.25) is 0 Å². The lowest BCUT2D eigenvalue weighted by Gasteiger charge is -2.56. The van der Waals surface area contributed by atoms with Gasteiger partial charge in [-0.15, -0.1) is 0 Å². The molecule has 1 aliphatic rings. The minimum absolute atomic E-state index is 0.304. The van der Waals surface area contributed by atoms with Crippen molar-refractivity contribution in [3.63, 3.8) is 0 Å². The van der Waals surface area contributed by atoms with E-state index < -0.39 is 0 Å². The Labute approximate surface area is 95.8 Å². The van der Waals surface area contributed by atoms with Gasteiger partial charge in [0.15, 0.2) is 0 Å². The van der Waals surface area contributed by atoms with E-state index in [9.17, 15) is 0 Å². The summed E-state index contributed by atoms with van der Waals surface area (Å²) in [7, 11) is 0. The van der Waals surface area contributed by atoms with Crippen molar-refractivity contribution in [2.24, 2.45) is 28.4 Å². The third kappa shape index (κ3) is 1.95. The van der Waals surface area contributed by atoms with E-state index in [1.807, 2.05) is 0 Å². The molecular formula is C14H29N. The zero-order valence-electron chi connectivity index (χ0n) is 11.4. The molecule has 0 amide bonds. The van der Waals surface area contributed by atoms with Gasteiger partial charge in [-0.2, -0.15) is 0 Å². The summed E-state index contributed by atoms with van der Waals surface area (Å²) in [6, 6.07) is 0.329. The van der Waals surface area contributed by atoms with Crippen molar-refractivity contribution in [1.82, 2.24) is 0 Å². The summed E-state index contributed by atoms with van der Waals surface area (Å²) in [5.41, 5.74) is 7.14. The van der Waals surface area contributed by atoms with Gasteiger partial charge in [0, 0.05) is 6.04 Å². The lowest BCUT2D eigenvalue weighted by Crippen LogP contribution is -2.55. The number of hydrogen-bond acceptors (Lipinski definition) is 1. The fourth-order valence-electron chi connectivity index (χ4n) is 3.35. The average molecular weight is 211 g/mol. The van der Waals surface area contributed by atoms with Gasteiger partial charge in [-0.3, -0.25) is 0 Å². The molecule has 2 N–H and O–H groups in total. The van der Waals surface area contributed by atoms with E-state index >= 15 is 0 Å². The highest BCUT2D eigenvalue weighted by Gasteiger charge is 2.50. The van der Waals surface area contributed by atoms with Crippen molar-refractivity contribution < 1.29 is 0 Å². The molecule has 0 aromatic carbocycles. The van der Waals surface area contributed by atoms with Crippen LogP contribution in [0.5, 0.6) is 0 Å². The van der Waals surface area contributed by atoms with E-state index in [2.05, 4.69) is 41.5 Å². The van der Waals surface area contributed by atoms with Crippen LogP contribution < -0.4 is 5.73 Å². The van der Waals surface area contributed by atoms with Gasteiger partial charge in [0.25, 0.3) is 0 Å². The molecule has 0 heterocycles. The highest BCUT2D eigenvalue weighted by atomic mass is 14.7. The fourth-order valence-corrected chi connectivity index (χ4v) is 3.35. The van der Waals surface area contributed by atoms with Gasteiger partial charge in [-0.25, -0.2) is 0 Å². The van der Waals surface area contributed by atoms with E-state index in [4.69, 9.17) is 5.73 Å². The van der Waals surface area contributed by atoms with Crippen LogP contribution in [0.4, 0.5) is 0 Å². The van der Waals surface area contributed by atoms with Crippen molar-refractivity contribution in [3.05, 3.63) is 0 Å². The first-order chi connectivity index (χ1) is 6.73. The predicted octanol–water partition coefficient (Wildman–Crippen LogP) is 3.82. The Kier molecular flexibility index (Phi) is 3.55. The topological polar surface area (TPSA) is 26.0 Å². The second-order valence-corrected chi connectivity index (χ2v) is 6.70. The van der Waals surface area contributed by atoms with E-state index in [1.54, 1.807) is 0 Å². The SMILES string of the molecule is CC(C)C(N)C1(C)CCCC(C)C1(C)C. The Hall–Kier alpha value is -0.0400. The largest absolute Gasteiger partial charge is 0.327 e. The van der Waals surface area contributed by atoms with Crippen LogP contribution in [-0.4, -0.2) is 6.04 Å². The molecule has 1 heteroatoms. The lowest BCUT2D eigenvalue weighted by molar-refractivity contribution is -0.0456. The predicted molar refractivity (Wildman–Crippen MR) is 67.7 cm³/mol. The van der Waals surface area contributed by atoms with Crippen molar-refractivity contribution in [1.29, 1.82) is 0 Å². The van der Waals surface area contributed by atoms with Gasteiger partial charge < -0.3 is 5.73 Å². The number of nitrogens with two attached hydrogens (primary N) is 1. The minimum atomic E-state index is 0.304. The molecule has 0 saturated heterocycles. The molecule has 1 nitrogen and oxygen atoms in total. The van der Waals surface area contributed by atoms with Crippen LogP contribution in [0.15, 0.2) is 0 Å². The third-order valence-corrected chi connectivity index (χ3v) is 5.49. The lowest BCUT2D eigenvalue weighted by atomic mass is 9.50. The molecule has 1 fully saturated rings. The van der Waals surface area contributed by atoms with Crippen molar-refractivity contribution >= 4 is 0 Å². The molecule has 1 rings (SSSR count). The molecule has 0 aromatic heterocycles. The number of hydrogen-bond donors (Lipinski definition) is 1. The summed E-state index contributed by atoms with van der Waals surface area (Å²) < 4.78 is 0. The maximum atomic E-state index is 6.46. The monoisotopic (exact) mass is 211 g/mol. The first kappa shape index (κ1) is 13.0. The highest BCUT2D eigenvalue weighted by molar-refractivity contribution is 5.02. The van der Waals surface area contributed by atoms with Crippen molar-refractivity contribution in [2.75, 3.05) is 0 Å². The molecule has 0 aliphatic heterocycles. The Bertz CT molecular complexity index is 219. The van der Waals surface area contributed by atoms with Gasteiger partial charge in [0.05, 0.1) is 0 Å². The zero-order chi connectivity index (χ0) is 11.9. The number of rotatable bonds is 2. The minimum Gasteiger partial charge on any atom is -0.327 e. The molecule has 90 valence electrons. The molecule has 0 spiro atoms. The van der Waals surface area contributed by atoms with E-state index in [1.165, 1.54) is 19.3 Å². The maximum Gasteiger partial charge on any atom is 0.0121 e. The quantitative estimate of drug-likeness (QED) is 0.738. The maximum absolute atomic E-state index is 6.46.